The van der Waals surface area contributed by atoms with Gasteiger partial charge >= 0.3 is 6.18 Å². The van der Waals surface area contributed by atoms with Crippen LogP contribution >= 0.6 is 24.0 Å². The molecule has 8 heteroatoms. The van der Waals surface area contributed by atoms with Crippen molar-refractivity contribution in [3.8, 4) is 0 Å². The number of carbonyl (C=O) groups is 1. The third kappa shape index (κ3) is 3.34. The number of hydrogen-bond acceptors (Lipinski definition) is 4. The number of pyridine rings is 1. The Bertz CT molecular complexity index is 835. The first-order chi connectivity index (χ1) is 11.4. The fraction of sp³-hybridized carbons (Fsp3) is 0.0625. The third-order valence-electron chi connectivity index (χ3n) is 3.21. The first-order valence-corrected chi connectivity index (χ1v) is 7.94. The van der Waals surface area contributed by atoms with Crippen molar-refractivity contribution in [1.29, 1.82) is 0 Å². The molecular formula is C16H9F3N2OS2. The predicted octanol–water partition coefficient (Wildman–Crippen LogP) is 4.51. The molecule has 0 N–H and O–H groups in total. The van der Waals surface area contributed by atoms with E-state index < -0.39 is 17.6 Å². The molecule has 1 saturated heterocycles. The van der Waals surface area contributed by atoms with Crippen molar-refractivity contribution in [2.24, 2.45) is 0 Å². The average molecular weight is 366 g/mol. The SMILES string of the molecule is O=C1/C(=C/c2cccnc2)SC(=S)N1c1cccc(C(F)(F)F)c1. The normalized spacial score (nSPS) is 17.0. The minimum absolute atomic E-state index is 0.0990. The van der Waals surface area contributed by atoms with Crippen LogP contribution in [0.3, 0.4) is 0 Å². The molecule has 0 saturated carbocycles. The predicted molar refractivity (Wildman–Crippen MR) is 91.3 cm³/mol. The summed E-state index contributed by atoms with van der Waals surface area (Å²) >= 11 is 6.20. The minimum atomic E-state index is -4.48. The number of alkyl halides is 3. The summed E-state index contributed by atoms with van der Waals surface area (Å²) < 4.78 is 38.7. The summed E-state index contributed by atoms with van der Waals surface area (Å²) in [5, 5.41) is 0. The molecular weight excluding hydrogens is 357 g/mol. The van der Waals surface area contributed by atoms with E-state index in [4.69, 9.17) is 12.2 Å². The van der Waals surface area contributed by atoms with E-state index in [1.54, 1.807) is 30.6 Å². The molecule has 1 aromatic heterocycles. The second-order valence-corrected chi connectivity index (χ2v) is 6.53. The zero-order chi connectivity index (χ0) is 17.3. The lowest BCUT2D eigenvalue weighted by molar-refractivity contribution is -0.137. The number of hydrogen-bond donors (Lipinski definition) is 0. The molecule has 0 radical (unpaired) electrons. The van der Waals surface area contributed by atoms with Crippen LogP contribution < -0.4 is 4.90 Å². The molecule has 1 aliphatic heterocycles. The number of anilines is 1. The summed E-state index contributed by atoms with van der Waals surface area (Å²) in [6, 6.07) is 8.03. The Balaban J connectivity index is 1.94. The summed E-state index contributed by atoms with van der Waals surface area (Å²) in [7, 11) is 0. The number of thiocarbonyl (C=S) groups is 1. The van der Waals surface area contributed by atoms with Gasteiger partial charge in [-0.1, -0.05) is 36.1 Å². The molecule has 1 fully saturated rings. The van der Waals surface area contributed by atoms with Crippen molar-refractivity contribution in [2.75, 3.05) is 4.90 Å². The second-order valence-electron chi connectivity index (χ2n) is 4.85. The van der Waals surface area contributed by atoms with Gasteiger partial charge in [-0.05, 0) is 35.9 Å². The summed E-state index contributed by atoms with van der Waals surface area (Å²) in [5.74, 6) is -0.451. The highest BCUT2D eigenvalue weighted by Gasteiger charge is 2.36. The van der Waals surface area contributed by atoms with Crippen LogP contribution in [0.2, 0.25) is 0 Å². The molecule has 1 aliphatic rings. The third-order valence-corrected chi connectivity index (χ3v) is 4.51. The topological polar surface area (TPSA) is 33.2 Å². The van der Waals surface area contributed by atoms with Gasteiger partial charge in [0.25, 0.3) is 5.91 Å². The molecule has 3 rings (SSSR count). The van der Waals surface area contributed by atoms with Crippen LogP contribution in [0.5, 0.6) is 0 Å². The van der Waals surface area contributed by atoms with E-state index in [0.717, 1.165) is 28.8 Å². The van der Waals surface area contributed by atoms with Crippen molar-refractivity contribution in [3.63, 3.8) is 0 Å². The van der Waals surface area contributed by atoms with Crippen molar-refractivity contribution in [1.82, 2.24) is 4.98 Å². The van der Waals surface area contributed by atoms with Crippen LogP contribution in [0.25, 0.3) is 6.08 Å². The molecule has 2 aromatic rings. The summed E-state index contributed by atoms with van der Waals surface area (Å²) in [6.45, 7) is 0. The quantitative estimate of drug-likeness (QED) is 0.579. The summed E-state index contributed by atoms with van der Waals surface area (Å²) in [5.41, 5.74) is -0.0192. The fourth-order valence-electron chi connectivity index (χ4n) is 2.12. The zero-order valence-corrected chi connectivity index (χ0v) is 13.6. The zero-order valence-electron chi connectivity index (χ0n) is 11.9. The van der Waals surface area contributed by atoms with Crippen LogP contribution in [0.4, 0.5) is 18.9 Å². The van der Waals surface area contributed by atoms with Crippen molar-refractivity contribution in [2.45, 2.75) is 6.18 Å². The van der Waals surface area contributed by atoms with Crippen molar-refractivity contribution in [3.05, 3.63) is 64.8 Å². The van der Waals surface area contributed by atoms with E-state index in [1.807, 2.05) is 0 Å². The maximum atomic E-state index is 12.9. The average Bonchev–Trinajstić information content (AvgIpc) is 2.82. The summed E-state index contributed by atoms with van der Waals surface area (Å²) in [4.78, 5) is 17.9. The number of nitrogens with zero attached hydrogens (tertiary/aromatic N) is 2. The first kappa shape index (κ1) is 16.7. The number of halogens is 3. The number of rotatable bonds is 2. The Kier molecular flexibility index (Phi) is 4.42. The first-order valence-electron chi connectivity index (χ1n) is 6.71. The summed E-state index contributed by atoms with van der Waals surface area (Å²) in [6.07, 6.45) is 0.309. The molecule has 3 nitrogen and oxygen atoms in total. The lowest BCUT2D eigenvalue weighted by atomic mass is 10.2. The smallest absolute Gasteiger partial charge is 0.268 e. The minimum Gasteiger partial charge on any atom is -0.268 e. The van der Waals surface area contributed by atoms with Crippen molar-refractivity contribution < 1.29 is 18.0 Å². The molecule has 0 atom stereocenters. The van der Waals surface area contributed by atoms with Gasteiger partial charge in [-0.15, -0.1) is 0 Å². The molecule has 0 unspecified atom stereocenters. The van der Waals surface area contributed by atoms with E-state index in [1.165, 1.54) is 12.1 Å². The number of carbonyl (C=O) groups excluding carboxylic acids is 1. The monoisotopic (exact) mass is 366 g/mol. The Labute approximate surface area is 145 Å². The van der Waals surface area contributed by atoms with Gasteiger partial charge in [-0.25, -0.2) is 0 Å². The standard InChI is InChI=1S/C16H9F3N2OS2/c17-16(18,19)11-4-1-5-12(8-11)21-14(22)13(24-15(21)23)7-10-3-2-6-20-9-10/h1-9H/b13-7-. The Morgan fingerprint density at radius 2 is 2.00 bits per heavy atom. The van der Waals surface area contributed by atoms with E-state index in [0.29, 0.717) is 10.5 Å². The number of amides is 1. The molecule has 24 heavy (non-hydrogen) atoms. The molecule has 0 spiro atoms. The van der Waals surface area contributed by atoms with Crippen LogP contribution in [0.15, 0.2) is 53.7 Å². The lowest BCUT2D eigenvalue weighted by Crippen LogP contribution is -2.27. The molecule has 1 aromatic carbocycles. The highest BCUT2D eigenvalue weighted by atomic mass is 32.2. The van der Waals surface area contributed by atoms with Gasteiger partial charge in [-0.2, -0.15) is 13.2 Å². The van der Waals surface area contributed by atoms with Gasteiger partial charge in [0, 0.05) is 12.4 Å². The fourth-order valence-corrected chi connectivity index (χ4v) is 3.42. The van der Waals surface area contributed by atoms with Gasteiger partial charge in [0.1, 0.15) is 0 Å². The molecule has 122 valence electrons. The van der Waals surface area contributed by atoms with Crippen LogP contribution in [0, 0.1) is 0 Å². The highest BCUT2D eigenvalue weighted by molar-refractivity contribution is 8.27. The second kappa shape index (κ2) is 6.37. The van der Waals surface area contributed by atoms with Crippen LogP contribution in [-0.2, 0) is 11.0 Å². The Morgan fingerprint density at radius 3 is 2.67 bits per heavy atom. The van der Waals surface area contributed by atoms with Gasteiger partial charge in [-0.3, -0.25) is 14.7 Å². The molecule has 1 amide bonds. The number of aromatic nitrogens is 1. The number of benzene rings is 1. The maximum absolute atomic E-state index is 12.9. The van der Waals surface area contributed by atoms with E-state index in [-0.39, 0.29) is 10.0 Å². The van der Waals surface area contributed by atoms with Gasteiger partial charge in [0.15, 0.2) is 4.32 Å². The Morgan fingerprint density at radius 1 is 1.21 bits per heavy atom. The van der Waals surface area contributed by atoms with Crippen molar-refractivity contribution >= 4 is 46.0 Å². The van der Waals surface area contributed by atoms with Crippen LogP contribution in [-0.4, -0.2) is 15.2 Å². The maximum Gasteiger partial charge on any atom is 0.416 e. The van der Waals surface area contributed by atoms with Gasteiger partial charge in [0.2, 0.25) is 0 Å². The van der Waals surface area contributed by atoms with Gasteiger partial charge in [0.05, 0.1) is 16.2 Å². The van der Waals surface area contributed by atoms with Crippen LogP contribution in [0.1, 0.15) is 11.1 Å². The molecule has 0 bridgehead atoms. The number of thioether (sulfide) groups is 1. The lowest BCUT2D eigenvalue weighted by Gasteiger charge is -2.16. The Hall–Kier alpha value is -2.19. The highest BCUT2D eigenvalue weighted by Crippen LogP contribution is 2.38. The van der Waals surface area contributed by atoms with E-state index in [2.05, 4.69) is 4.98 Å². The van der Waals surface area contributed by atoms with Gasteiger partial charge < -0.3 is 0 Å². The van der Waals surface area contributed by atoms with E-state index >= 15 is 0 Å². The molecule has 0 aliphatic carbocycles. The molecule has 2 heterocycles. The largest absolute Gasteiger partial charge is 0.416 e. The van der Waals surface area contributed by atoms with E-state index in [9.17, 15) is 18.0 Å².